The molecule has 1 aromatic rings. The lowest BCUT2D eigenvalue weighted by molar-refractivity contribution is -0.135. The van der Waals surface area contributed by atoms with Gasteiger partial charge in [0.1, 0.15) is 5.75 Å². The first-order valence-electron chi connectivity index (χ1n) is 5.97. The number of hydrogen-bond donors (Lipinski definition) is 1. The highest BCUT2D eigenvalue weighted by molar-refractivity contribution is 7.18. The Morgan fingerprint density at radius 1 is 1.38 bits per heavy atom. The maximum atomic E-state index is 13.4. The molecule has 21 heavy (non-hydrogen) atoms. The van der Waals surface area contributed by atoms with E-state index in [1.165, 1.54) is 21.4 Å². The average molecular weight is 357 g/mol. The molecule has 2 rings (SSSR count). The number of carboxylic acid groups (broad SMARTS) is 1. The third kappa shape index (κ3) is 4.06. The lowest BCUT2D eigenvalue weighted by Crippen LogP contribution is -2.39. The first kappa shape index (κ1) is 18.1. The Hall–Kier alpha value is -0.900. The van der Waals surface area contributed by atoms with Gasteiger partial charge in [-0.15, -0.1) is 0 Å². The van der Waals surface area contributed by atoms with Crippen LogP contribution in [0, 0.1) is 0 Å². The van der Waals surface area contributed by atoms with Crippen LogP contribution in [0.2, 0.25) is 10.0 Å². The first-order valence-corrected chi connectivity index (χ1v) is 7.30. The average Bonchev–Trinajstić information content (AvgIpc) is 2.38. The second-order valence-electron chi connectivity index (χ2n) is 3.88. The van der Waals surface area contributed by atoms with Crippen LogP contribution in [0.15, 0.2) is 17.7 Å². The van der Waals surface area contributed by atoms with E-state index in [2.05, 4.69) is 0 Å². The Bertz CT molecular complexity index is 586. The molecule has 3 nitrogen and oxygen atoms in total. The lowest BCUT2D eigenvalue weighted by atomic mass is 10.0. The summed E-state index contributed by atoms with van der Waals surface area (Å²) in [6.45, 7) is 4.00. The zero-order valence-electron chi connectivity index (χ0n) is 11.2. The molecule has 1 heterocycles. The standard InChI is InChI=1S/C11H7Cl2F2O3P.C2H6/c12-4-1-7(13)5-3-6(10(16)17)9(11(14,15)19)18-8(5)2-4;1-2/h1-3,9H,19H2,(H,16,17);1-2H3. The molecule has 2 atom stereocenters. The Morgan fingerprint density at radius 2 is 1.95 bits per heavy atom. The third-order valence-electron chi connectivity index (χ3n) is 2.48. The predicted molar refractivity (Wildman–Crippen MR) is 82.5 cm³/mol. The number of fused-ring (bicyclic) bond motifs is 1. The van der Waals surface area contributed by atoms with Gasteiger partial charge in [0.15, 0.2) is 6.10 Å². The molecule has 0 saturated heterocycles. The van der Waals surface area contributed by atoms with E-state index in [9.17, 15) is 13.6 Å². The molecule has 0 fully saturated rings. The van der Waals surface area contributed by atoms with Crippen molar-refractivity contribution in [3.05, 3.63) is 33.3 Å². The highest BCUT2D eigenvalue weighted by Gasteiger charge is 2.44. The van der Waals surface area contributed by atoms with Gasteiger partial charge in [-0.25, -0.2) is 4.79 Å². The smallest absolute Gasteiger partial charge is 0.335 e. The van der Waals surface area contributed by atoms with Crippen LogP contribution >= 0.6 is 32.4 Å². The zero-order chi connectivity index (χ0) is 16.4. The Balaban J connectivity index is 0.00000106. The van der Waals surface area contributed by atoms with Crippen molar-refractivity contribution < 1.29 is 23.4 Å². The van der Waals surface area contributed by atoms with Crippen LogP contribution in [0.5, 0.6) is 5.75 Å². The van der Waals surface area contributed by atoms with Gasteiger partial charge in [0, 0.05) is 10.6 Å². The minimum absolute atomic E-state index is 0.0228. The quantitative estimate of drug-likeness (QED) is 0.780. The molecule has 0 saturated carbocycles. The van der Waals surface area contributed by atoms with Gasteiger partial charge in [-0.05, 0) is 18.2 Å². The molecule has 0 radical (unpaired) electrons. The number of rotatable bonds is 2. The van der Waals surface area contributed by atoms with Gasteiger partial charge in [-0.3, -0.25) is 0 Å². The van der Waals surface area contributed by atoms with E-state index in [1.807, 2.05) is 13.8 Å². The number of ether oxygens (including phenoxy) is 1. The summed E-state index contributed by atoms with van der Waals surface area (Å²) in [6, 6.07) is 2.68. The van der Waals surface area contributed by atoms with Crippen LogP contribution in [-0.4, -0.2) is 22.8 Å². The van der Waals surface area contributed by atoms with Crippen LogP contribution < -0.4 is 4.74 Å². The highest BCUT2D eigenvalue weighted by Crippen LogP contribution is 2.42. The van der Waals surface area contributed by atoms with Crippen molar-refractivity contribution in [3.8, 4) is 5.75 Å². The third-order valence-corrected chi connectivity index (χ3v) is 3.31. The summed E-state index contributed by atoms with van der Waals surface area (Å²) in [5, 5.41) is 9.32. The molecule has 2 unspecified atom stereocenters. The molecule has 0 bridgehead atoms. The summed E-state index contributed by atoms with van der Waals surface area (Å²) >= 11 is 11.6. The fourth-order valence-electron chi connectivity index (χ4n) is 1.68. The summed E-state index contributed by atoms with van der Waals surface area (Å²) in [6.07, 6.45) is -0.848. The normalized spacial score (nSPS) is 16.9. The minimum atomic E-state index is -3.43. The molecule has 1 aliphatic rings. The van der Waals surface area contributed by atoms with Crippen molar-refractivity contribution in [1.29, 1.82) is 0 Å². The molecule has 1 N–H and O–H groups in total. The van der Waals surface area contributed by atoms with Crippen molar-refractivity contribution >= 4 is 44.5 Å². The molecule has 0 aliphatic carbocycles. The number of benzene rings is 1. The number of halogens is 4. The Kier molecular flexibility index (Phi) is 5.97. The minimum Gasteiger partial charge on any atom is -0.478 e. The van der Waals surface area contributed by atoms with Crippen molar-refractivity contribution in [2.24, 2.45) is 0 Å². The van der Waals surface area contributed by atoms with Gasteiger partial charge in [-0.1, -0.05) is 46.3 Å². The lowest BCUT2D eigenvalue weighted by Gasteiger charge is -2.29. The first-order chi connectivity index (χ1) is 9.70. The second-order valence-corrected chi connectivity index (χ2v) is 5.49. The summed E-state index contributed by atoms with van der Waals surface area (Å²) in [7, 11) is 1.26. The molecule has 0 amide bonds. The van der Waals surface area contributed by atoms with E-state index in [0.717, 1.165) is 6.08 Å². The van der Waals surface area contributed by atoms with Crippen LogP contribution in [0.4, 0.5) is 8.78 Å². The second kappa shape index (κ2) is 6.91. The van der Waals surface area contributed by atoms with Crippen molar-refractivity contribution in [1.82, 2.24) is 0 Å². The van der Waals surface area contributed by atoms with E-state index in [4.69, 9.17) is 33.0 Å². The van der Waals surface area contributed by atoms with E-state index >= 15 is 0 Å². The maximum Gasteiger partial charge on any atom is 0.335 e. The largest absolute Gasteiger partial charge is 0.478 e. The zero-order valence-corrected chi connectivity index (χ0v) is 13.8. The monoisotopic (exact) mass is 356 g/mol. The van der Waals surface area contributed by atoms with E-state index in [-0.39, 0.29) is 21.4 Å². The number of carbonyl (C=O) groups is 1. The summed E-state index contributed by atoms with van der Waals surface area (Å²) in [5.74, 6) is -1.47. The molecular formula is C13H13Cl2F2O3P. The van der Waals surface area contributed by atoms with Crippen molar-refractivity contribution in [2.45, 2.75) is 25.6 Å². The van der Waals surface area contributed by atoms with E-state index < -0.39 is 23.3 Å². The Morgan fingerprint density at radius 3 is 2.43 bits per heavy atom. The number of hydrogen-bond acceptors (Lipinski definition) is 2. The molecule has 1 aliphatic heterocycles. The van der Waals surface area contributed by atoms with Crippen LogP contribution in [0.3, 0.4) is 0 Å². The van der Waals surface area contributed by atoms with Crippen molar-refractivity contribution in [2.75, 3.05) is 0 Å². The molecule has 116 valence electrons. The van der Waals surface area contributed by atoms with Gasteiger partial charge in [0.2, 0.25) is 0 Å². The van der Waals surface area contributed by atoms with Crippen LogP contribution in [0.1, 0.15) is 19.4 Å². The maximum absolute atomic E-state index is 13.4. The van der Waals surface area contributed by atoms with E-state index in [1.54, 1.807) is 0 Å². The highest BCUT2D eigenvalue weighted by atomic mass is 35.5. The number of alkyl halides is 2. The molecule has 8 heteroatoms. The Labute approximate surface area is 133 Å². The fourth-order valence-corrected chi connectivity index (χ4v) is 2.46. The summed E-state index contributed by atoms with van der Waals surface area (Å²) in [4.78, 5) is 11.0. The fraction of sp³-hybridized carbons (Fsp3) is 0.308. The van der Waals surface area contributed by atoms with Crippen molar-refractivity contribution in [3.63, 3.8) is 0 Å². The molecule has 0 aromatic heterocycles. The van der Waals surface area contributed by atoms with Gasteiger partial charge in [0.05, 0.1) is 10.6 Å². The number of aliphatic carboxylic acids is 1. The number of carboxylic acids is 1. The van der Waals surface area contributed by atoms with Gasteiger partial charge >= 0.3 is 5.97 Å². The molecule has 1 aromatic carbocycles. The van der Waals surface area contributed by atoms with Gasteiger partial charge < -0.3 is 9.84 Å². The van der Waals surface area contributed by atoms with Crippen LogP contribution in [-0.2, 0) is 4.79 Å². The van der Waals surface area contributed by atoms with Gasteiger partial charge in [-0.2, -0.15) is 8.78 Å². The summed E-state index contributed by atoms with van der Waals surface area (Å²) < 4.78 is 31.8. The molecular weight excluding hydrogens is 344 g/mol. The molecule has 0 spiro atoms. The summed E-state index contributed by atoms with van der Waals surface area (Å²) in [5.41, 5.74) is -3.79. The van der Waals surface area contributed by atoms with Gasteiger partial charge in [0.25, 0.3) is 5.66 Å². The predicted octanol–water partition coefficient (Wildman–Crippen LogP) is 4.72. The SMILES string of the molecule is CC.O=C(O)C1=Cc2c(Cl)cc(Cl)cc2OC1C(F)(F)P. The topological polar surface area (TPSA) is 46.5 Å². The van der Waals surface area contributed by atoms with Crippen LogP contribution in [0.25, 0.3) is 6.08 Å². The van der Waals surface area contributed by atoms with E-state index in [0.29, 0.717) is 0 Å².